The van der Waals surface area contributed by atoms with Gasteiger partial charge in [-0.25, -0.2) is 0 Å². The first-order valence-corrected chi connectivity index (χ1v) is 5.99. The fourth-order valence-electron chi connectivity index (χ4n) is 2.57. The van der Waals surface area contributed by atoms with Crippen molar-refractivity contribution in [1.82, 2.24) is 4.98 Å². The van der Waals surface area contributed by atoms with Gasteiger partial charge in [0.2, 0.25) is 0 Å². The van der Waals surface area contributed by atoms with E-state index in [9.17, 15) is 4.79 Å². The standard InChI is InChI=1S/C15H15NO/c1-10-2-4-11(5-3-10)12-6-13-8-16-9-14(13)15(17)7-12/h2-5,8-9,12,16H,6-7H2,1H3. The Bertz CT molecular complexity index is 551. The van der Waals surface area contributed by atoms with Crippen LogP contribution in [0.15, 0.2) is 36.7 Å². The number of benzene rings is 1. The van der Waals surface area contributed by atoms with E-state index >= 15 is 0 Å². The molecule has 0 radical (unpaired) electrons. The van der Waals surface area contributed by atoms with E-state index in [2.05, 4.69) is 36.2 Å². The Hall–Kier alpha value is -1.83. The number of fused-ring (bicyclic) bond motifs is 1. The minimum absolute atomic E-state index is 0.262. The monoisotopic (exact) mass is 225 g/mol. The van der Waals surface area contributed by atoms with Gasteiger partial charge in [-0.15, -0.1) is 0 Å². The highest BCUT2D eigenvalue weighted by Gasteiger charge is 2.26. The number of carbonyl (C=O) groups is 1. The Morgan fingerprint density at radius 1 is 1.12 bits per heavy atom. The molecular weight excluding hydrogens is 210 g/mol. The van der Waals surface area contributed by atoms with E-state index < -0.39 is 0 Å². The van der Waals surface area contributed by atoms with E-state index in [-0.39, 0.29) is 5.78 Å². The number of carbonyl (C=O) groups excluding carboxylic acids is 1. The van der Waals surface area contributed by atoms with Gasteiger partial charge < -0.3 is 4.98 Å². The predicted octanol–water partition coefficient (Wildman–Crippen LogP) is 3.24. The molecule has 0 fully saturated rings. The molecule has 3 rings (SSSR count). The maximum absolute atomic E-state index is 12.0. The molecule has 1 aromatic carbocycles. The summed E-state index contributed by atoms with van der Waals surface area (Å²) < 4.78 is 0. The van der Waals surface area contributed by atoms with Gasteiger partial charge >= 0.3 is 0 Å². The number of hydrogen-bond donors (Lipinski definition) is 1. The van der Waals surface area contributed by atoms with E-state index in [4.69, 9.17) is 0 Å². The summed E-state index contributed by atoms with van der Waals surface area (Å²) in [5.41, 5.74) is 4.58. The molecular formula is C15H15NO. The molecule has 0 bridgehead atoms. The van der Waals surface area contributed by atoms with Gasteiger partial charge in [-0.3, -0.25) is 4.79 Å². The maximum atomic E-state index is 12.0. The lowest BCUT2D eigenvalue weighted by Gasteiger charge is -2.21. The van der Waals surface area contributed by atoms with E-state index in [0.717, 1.165) is 17.5 Å². The molecule has 1 aliphatic rings. The van der Waals surface area contributed by atoms with Crippen LogP contribution in [0.1, 0.15) is 39.4 Å². The lowest BCUT2D eigenvalue weighted by Crippen LogP contribution is -2.17. The second kappa shape index (κ2) is 3.88. The first-order valence-electron chi connectivity index (χ1n) is 5.99. The molecule has 1 atom stereocenters. The van der Waals surface area contributed by atoms with Crippen LogP contribution in [0.3, 0.4) is 0 Å². The van der Waals surface area contributed by atoms with Gasteiger partial charge in [0.1, 0.15) is 0 Å². The van der Waals surface area contributed by atoms with Crippen LogP contribution in [-0.2, 0) is 6.42 Å². The second-order valence-electron chi connectivity index (χ2n) is 4.83. The molecule has 2 heteroatoms. The summed E-state index contributed by atoms with van der Waals surface area (Å²) in [5.74, 6) is 0.601. The molecule has 2 nitrogen and oxygen atoms in total. The lowest BCUT2D eigenvalue weighted by molar-refractivity contribution is 0.0965. The number of aryl methyl sites for hydroxylation is 1. The van der Waals surface area contributed by atoms with Crippen LogP contribution in [0.4, 0.5) is 0 Å². The number of nitrogens with one attached hydrogen (secondary N) is 1. The van der Waals surface area contributed by atoms with Crippen molar-refractivity contribution < 1.29 is 4.79 Å². The summed E-state index contributed by atoms with van der Waals surface area (Å²) >= 11 is 0. The molecule has 0 saturated heterocycles. The number of hydrogen-bond acceptors (Lipinski definition) is 1. The van der Waals surface area contributed by atoms with Gasteiger partial charge in [0.15, 0.2) is 5.78 Å². The quantitative estimate of drug-likeness (QED) is 0.794. The largest absolute Gasteiger partial charge is 0.367 e. The van der Waals surface area contributed by atoms with Crippen LogP contribution in [0.25, 0.3) is 0 Å². The molecule has 0 aliphatic heterocycles. The summed E-state index contributed by atoms with van der Waals surface area (Å²) in [6, 6.07) is 8.52. The fourth-order valence-corrected chi connectivity index (χ4v) is 2.57. The van der Waals surface area contributed by atoms with Gasteiger partial charge in [0, 0.05) is 24.4 Å². The van der Waals surface area contributed by atoms with Gasteiger partial charge in [0.05, 0.1) is 0 Å². The SMILES string of the molecule is Cc1ccc(C2CC(=O)c3c[nH]cc3C2)cc1. The molecule has 1 N–H and O–H groups in total. The van der Waals surface area contributed by atoms with Crippen molar-refractivity contribution in [3.8, 4) is 0 Å². The van der Waals surface area contributed by atoms with Crippen LogP contribution in [0, 0.1) is 6.92 Å². The minimum Gasteiger partial charge on any atom is -0.367 e. The summed E-state index contributed by atoms with van der Waals surface area (Å²) in [6.45, 7) is 2.08. The Morgan fingerprint density at radius 2 is 1.88 bits per heavy atom. The van der Waals surface area contributed by atoms with Crippen molar-refractivity contribution in [2.75, 3.05) is 0 Å². The minimum atomic E-state index is 0.262. The van der Waals surface area contributed by atoms with Gasteiger partial charge in [-0.1, -0.05) is 29.8 Å². The number of H-pyrrole nitrogens is 1. The van der Waals surface area contributed by atoms with Crippen molar-refractivity contribution >= 4 is 5.78 Å². The normalized spacial score (nSPS) is 19.1. The highest BCUT2D eigenvalue weighted by Crippen LogP contribution is 2.32. The van der Waals surface area contributed by atoms with Gasteiger partial charge in [-0.2, -0.15) is 0 Å². The number of ketones is 1. The first-order chi connectivity index (χ1) is 8.24. The van der Waals surface area contributed by atoms with Crippen LogP contribution < -0.4 is 0 Å². The Labute approximate surface area is 101 Å². The Kier molecular flexibility index (Phi) is 2.36. The molecule has 1 aromatic heterocycles. The maximum Gasteiger partial charge on any atom is 0.165 e. The van der Waals surface area contributed by atoms with Crippen molar-refractivity contribution in [2.45, 2.75) is 25.7 Å². The Morgan fingerprint density at radius 3 is 2.65 bits per heavy atom. The zero-order chi connectivity index (χ0) is 11.8. The number of Topliss-reactive ketones (excluding diaryl/α,β-unsaturated/α-hetero) is 1. The van der Waals surface area contributed by atoms with Crippen molar-refractivity contribution in [2.24, 2.45) is 0 Å². The number of aromatic nitrogens is 1. The van der Waals surface area contributed by atoms with E-state index in [1.807, 2.05) is 12.4 Å². The molecule has 2 aromatic rings. The van der Waals surface area contributed by atoms with Crippen LogP contribution in [0.2, 0.25) is 0 Å². The molecule has 0 spiro atoms. The first kappa shape index (κ1) is 10.3. The van der Waals surface area contributed by atoms with E-state index in [1.54, 1.807) is 0 Å². The van der Waals surface area contributed by atoms with Crippen LogP contribution in [0.5, 0.6) is 0 Å². The molecule has 1 aliphatic carbocycles. The third-order valence-electron chi connectivity index (χ3n) is 3.58. The molecule has 1 heterocycles. The van der Waals surface area contributed by atoms with Crippen LogP contribution in [-0.4, -0.2) is 10.8 Å². The van der Waals surface area contributed by atoms with Crippen LogP contribution >= 0.6 is 0 Å². The predicted molar refractivity (Wildman–Crippen MR) is 67.4 cm³/mol. The van der Waals surface area contributed by atoms with Crippen molar-refractivity contribution in [3.63, 3.8) is 0 Å². The third kappa shape index (κ3) is 1.80. The average Bonchev–Trinajstić information content (AvgIpc) is 2.78. The summed E-state index contributed by atoms with van der Waals surface area (Å²) in [4.78, 5) is 15.0. The Balaban J connectivity index is 1.93. The van der Waals surface area contributed by atoms with E-state index in [0.29, 0.717) is 12.3 Å². The van der Waals surface area contributed by atoms with Crippen molar-refractivity contribution in [3.05, 3.63) is 58.9 Å². The highest BCUT2D eigenvalue weighted by atomic mass is 16.1. The smallest absolute Gasteiger partial charge is 0.165 e. The third-order valence-corrected chi connectivity index (χ3v) is 3.58. The molecule has 86 valence electrons. The number of aromatic amines is 1. The van der Waals surface area contributed by atoms with Crippen molar-refractivity contribution in [1.29, 1.82) is 0 Å². The summed E-state index contributed by atoms with van der Waals surface area (Å²) in [7, 11) is 0. The lowest BCUT2D eigenvalue weighted by atomic mass is 9.81. The highest BCUT2D eigenvalue weighted by molar-refractivity contribution is 5.99. The van der Waals surface area contributed by atoms with Gasteiger partial charge in [-0.05, 0) is 30.4 Å². The average molecular weight is 225 g/mol. The molecule has 0 amide bonds. The summed E-state index contributed by atoms with van der Waals surface area (Å²) in [6.07, 6.45) is 5.37. The van der Waals surface area contributed by atoms with Gasteiger partial charge in [0.25, 0.3) is 0 Å². The molecule has 0 saturated carbocycles. The van der Waals surface area contributed by atoms with E-state index in [1.165, 1.54) is 11.1 Å². The zero-order valence-electron chi connectivity index (χ0n) is 9.86. The topological polar surface area (TPSA) is 32.9 Å². The zero-order valence-corrected chi connectivity index (χ0v) is 9.86. The fraction of sp³-hybridized carbons (Fsp3) is 0.267. The second-order valence-corrected chi connectivity index (χ2v) is 4.83. The molecule has 1 unspecified atom stereocenters. The molecule has 17 heavy (non-hydrogen) atoms. The number of rotatable bonds is 1. The summed E-state index contributed by atoms with van der Waals surface area (Å²) in [5, 5.41) is 0.